The summed E-state index contributed by atoms with van der Waals surface area (Å²) < 4.78 is 11.9. The van der Waals surface area contributed by atoms with E-state index in [1.54, 1.807) is 0 Å². The Labute approximate surface area is 186 Å². The molecule has 0 aromatic heterocycles. The fraction of sp³-hybridized carbons (Fsp3) is 0.731. The number of carbonyl (C=O) groups excluding carboxylic acids is 1. The van der Waals surface area contributed by atoms with Crippen LogP contribution >= 0.6 is 0 Å². The van der Waals surface area contributed by atoms with Crippen molar-refractivity contribution in [3.05, 3.63) is 23.8 Å². The van der Waals surface area contributed by atoms with Gasteiger partial charge >= 0.3 is 0 Å². The first-order chi connectivity index (χ1) is 14.0. The van der Waals surface area contributed by atoms with E-state index in [9.17, 15) is 4.79 Å². The first kappa shape index (κ1) is 30.5. The molecule has 0 aliphatic heterocycles. The molecule has 1 rings (SSSR count). The highest BCUT2D eigenvalue weighted by molar-refractivity contribution is 5.86. The molecule has 1 aromatic carbocycles. The van der Waals surface area contributed by atoms with Gasteiger partial charge in [-0.3, -0.25) is 4.79 Å². The van der Waals surface area contributed by atoms with Crippen molar-refractivity contribution in [1.29, 1.82) is 0 Å². The van der Waals surface area contributed by atoms with Crippen molar-refractivity contribution >= 4 is 5.91 Å². The van der Waals surface area contributed by atoms with E-state index in [-0.39, 0.29) is 5.91 Å². The SMILES string of the molecule is CC.CC.CC(C)CCOc1cc(OCC(C)CC(C)C)cc(C(C)(C)C(N)=O)c1. The van der Waals surface area contributed by atoms with Crippen LogP contribution in [0, 0.1) is 17.8 Å². The minimum absolute atomic E-state index is 0.365. The molecule has 176 valence electrons. The molecule has 4 heteroatoms. The second-order valence-electron chi connectivity index (χ2n) is 8.76. The maximum absolute atomic E-state index is 11.9. The number of ether oxygens (including phenoxy) is 2. The van der Waals surface area contributed by atoms with Crippen molar-refractivity contribution in [2.24, 2.45) is 23.5 Å². The van der Waals surface area contributed by atoms with Crippen molar-refractivity contribution < 1.29 is 14.3 Å². The summed E-state index contributed by atoms with van der Waals surface area (Å²) in [6.45, 7) is 23.9. The lowest BCUT2D eigenvalue weighted by Gasteiger charge is -2.23. The third-order valence-corrected chi connectivity index (χ3v) is 4.59. The van der Waals surface area contributed by atoms with Crippen molar-refractivity contribution in [3.8, 4) is 11.5 Å². The summed E-state index contributed by atoms with van der Waals surface area (Å²) in [6.07, 6.45) is 2.09. The average molecular weight is 424 g/mol. The summed E-state index contributed by atoms with van der Waals surface area (Å²) in [5.41, 5.74) is 5.64. The van der Waals surface area contributed by atoms with Gasteiger partial charge in [-0.25, -0.2) is 0 Å². The highest BCUT2D eigenvalue weighted by Gasteiger charge is 2.28. The van der Waals surface area contributed by atoms with E-state index in [4.69, 9.17) is 15.2 Å². The van der Waals surface area contributed by atoms with Crippen LogP contribution in [0.2, 0.25) is 0 Å². The zero-order chi connectivity index (χ0) is 23.9. The summed E-state index contributed by atoms with van der Waals surface area (Å²) in [5.74, 6) is 2.77. The third-order valence-electron chi connectivity index (χ3n) is 4.59. The van der Waals surface area contributed by atoms with Crippen molar-refractivity contribution in [2.45, 2.75) is 94.4 Å². The molecule has 0 bridgehead atoms. The molecule has 2 N–H and O–H groups in total. The summed E-state index contributed by atoms with van der Waals surface area (Å²) >= 11 is 0. The molecule has 0 saturated heterocycles. The Bertz CT molecular complexity index is 580. The van der Waals surface area contributed by atoms with Crippen LogP contribution in [0.15, 0.2) is 18.2 Å². The van der Waals surface area contributed by atoms with Gasteiger partial charge in [0.2, 0.25) is 5.91 Å². The number of carbonyl (C=O) groups is 1. The first-order valence-electron chi connectivity index (χ1n) is 11.7. The van der Waals surface area contributed by atoms with Crippen LogP contribution in [0.4, 0.5) is 0 Å². The van der Waals surface area contributed by atoms with Crippen LogP contribution in [0.5, 0.6) is 11.5 Å². The van der Waals surface area contributed by atoms with E-state index < -0.39 is 5.41 Å². The Morgan fingerprint density at radius 2 is 1.40 bits per heavy atom. The van der Waals surface area contributed by atoms with E-state index in [2.05, 4.69) is 34.6 Å². The second-order valence-corrected chi connectivity index (χ2v) is 8.76. The standard InChI is InChI=1S/C22H37NO3.2C2H6/c1-15(2)8-9-25-19-11-18(22(6,7)21(23)24)12-20(13-19)26-14-17(5)10-16(3)4;2*1-2/h11-13,15-17H,8-10,14H2,1-7H3,(H2,23,24);2*1-2H3. The van der Waals surface area contributed by atoms with Crippen LogP contribution in [-0.4, -0.2) is 19.1 Å². The number of amides is 1. The Kier molecular flexibility index (Phi) is 16.3. The second kappa shape index (κ2) is 16.0. The van der Waals surface area contributed by atoms with Crippen LogP contribution in [0.3, 0.4) is 0 Å². The lowest BCUT2D eigenvalue weighted by molar-refractivity contribution is -0.122. The number of hydrogen-bond acceptors (Lipinski definition) is 3. The Balaban J connectivity index is 0. The molecule has 0 aliphatic carbocycles. The van der Waals surface area contributed by atoms with Gasteiger partial charge in [-0.1, -0.05) is 62.3 Å². The van der Waals surface area contributed by atoms with Gasteiger partial charge in [-0.05, 0) is 62.1 Å². The number of benzene rings is 1. The van der Waals surface area contributed by atoms with E-state index >= 15 is 0 Å². The number of nitrogens with two attached hydrogens (primary N) is 1. The summed E-state index contributed by atoms with van der Waals surface area (Å²) in [7, 11) is 0. The molecule has 1 atom stereocenters. The van der Waals surface area contributed by atoms with E-state index in [1.807, 2.05) is 59.7 Å². The van der Waals surface area contributed by atoms with Gasteiger partial charge in [0.15, 0.2) is 0 Å². The lowest BCUT2D eigenvalue weighted by Crippen LogP contribution is -2.35. The summed E-state index contributed by atoms with van der Waals surface area (Å²) in [5, 5.41) is 0. The largest absolute Gasteiger partial charge is 0.493 e. The van der Waals surface area contributed by atoms with Crippen LogP contribution < -0.4 is 15.2 Å². The minimum atomic E-state index is -0.779. The first-order valence-corrected chi connectivity index (χ1v) is 11.7. The van der Waals surface area contributed by atoms with E-state index in [0.29, 0.717) is 31.0 Å². The molecule has 0 fully saturated rings. The van der Waals surface area contributed by atoms with E-state index in [1.165, 1.54) is 0 Å². The highest BCUT2D eigenvalue weighted by atomic mass is 16.5. The van der Waals surface area contributed by atoms with Gasteiger partial charge in [0, 0.05) is 6.07 Å². The summed E-state index contributed by atoms with van der Waals surface area (Å²) in [4.78, 5) is 11.9. The normalized spacial score (nSPS) is 11.8. The van der Waals surface area contributed by atoms with Gasteiger partial charge in [0.25, 0.3) is 0 Å². The average Bonchev–Trinajstić information content (AvgIpc) is 2.68. The van der Waals surface area contributed by atoms with Gasteiger partial charge in [-0.15, -0.1) is 0 Å². The highest BCUT2D eigenvalue weighted by Crippen LogP contribution is 2.32. The van der Waals surface area contributed by atoms with Crippen molar-refractivity contribution in [1.82, 2.24) is 0 Å². The predicted molar refractivity (Wildman–Crippen MR) is 130 cm³/mol. The van der Waals surface area contributed by atoms with Gasteiger partial charge in [-0.2, -0.15) is 0 Å². The van der Waals surface area contributed by atoms with Crippen molar-refractivity contribution in [3.63, 3.8) is 0 Å². The Hall–Kier alpha value is -1.71. The maximum Gasteiger partial charge on any atom is 0.227 e. The monoisotopic (exact) mass is 423 g/mol. The molecular weight excluding hydrogens is 374 g/mol. The zero-order valence-electron chi connectivity index (χ0n) is 21.6. The molecule has 0 aliphatic rings. The molecule has 1 aromatic rings. The molecule has 0 spiro atoms. The zero-order valence-corrected chi connectivity index (χ0v) is 21.6. The molecule has 1 amide bonds. The van der Waals surface area contributed by atoms with Gasteiger partial charge in [0.05, 0.1) is 18.6 Å². The van der Waals surface area contributed by atoms with Crippen LogP contribution in [-0.2, 0) is 10.2 Å². The Morgan fingerprint density at radius 3 is 1.83 bits per heavy atom. The molecule has 30 heavy (non-hydrogen) atoms. The number of primary amides is 1. The van der Waals surface area contributed by atoms with E-state index in [0.717, 1.165) is 29.9 Å². The van der Waals surface area contributed by atoms with Gasteiger partial charge < -0.3 is 15.2 Å². The third kappa shape index (κ3) is 12.1. The predicted octanol–water partition coefficient (Wildman–Crippen LogP) is 6.99. The fourth-order valence-corrected chi connectivity index (χ4v) is 2.77. The van der Waals surface area contributed by atoms with Crippen LogP contribution in [0.1, 0.15) is 94.6 Å². The Morgan fingerprint density at radius 1 is 0.900 bits per heavy atom. The van der Waals surface area contributed by atoms with Crippen molar-refractivity contribution in [2.75, 3.05) is 13.2 Å². The van der Waals surface area contributed by atoms with Crippen LogP contribution in [0.25, 0.3) is 0 Å². The lowest BCUT2D eigenvalue weighted by atomic mass is 9.84. The minimum Gasteiger partial charge on any atom is -0.493 e. The van der Waals surface area contributed by atoms with Gasteiger partial charge in [0.1, 0.15) is 11.5 Å². The fourth-order valence-electron chi connectivity index (χ4n) is 2.77. The molecule has 0 radical (unpaired) electrons. The maximum atomic E-state index is 11.9. The molecule has 1 unspecified atom stereocenters. The smallest absolute Gasteiger partial charge is 0.227 e. The quantitative estimate of drug-likeness (QED) is 0.417. The summed E-state index contributed by atoms with van der Waals surface area (Å²) in [6, 6.07) is 5.71. The molecular formula is C26H49NO3. The molecule has 0 saturated carbocycles. The molecule has 0 heterocycles. The number of rotatable bonds is 11. The number of hydrogen-bond donors (Lipinski definition) is 1. The topological polar surface area (TPSA) is 61.6 Å². The molecule has 4 nitrogen and oxygen atoms in total.